The summed E-state index contributed by atoms with van der Waals surface area (Å²) < 4.78 is 0. The van der Waals surface area contributed by atoms with Gasteiger partial charge in [0.25, 0.3) is 5.91 Å². The number of amides is 1. The van der Waals surface area contributed by atoms with E-state index in [1.165, 1.54) is 18.4 Å². The maximum absolute atomic E-state index is 12.6. The van der Waals surface area contributed by atoms with Crippen molar-refractivity contribution in [1.29, 1.82) is 0 Å². The Bertz CT molecular complexity index is 964. The van der Waals surface area contributed by atoms with Crippen LogP contribution in [0.25, 0.3) is 22.3 Å². The average Bonchev–Trinajstić information content (AvgIpc) is 3.35. The van der Waals surface area contributed by atoms with E-state index in [4.69, 9.17) is 11.6 Å². The van der Waals surface area contributed by atoms with E-state index in [1.807, 2.05) is 38.1 Å². The van der Waals surface area contributed by atoms with Crippen LogP contribution in [0.5, 0.6) is 0 Å². The van der Waals surface area contributed by atoms with Gasteiger partial charge in [0.05, 0.1) is 0 Å². The summed E-state index contributed by atoms with van der Waals surface area (Å²) in [6.45, 7) is 7.86. The van der Waals surface area contributed by atoms with E-state index in [0.29, 0.717) is 17.1 Å². The fraction of sp³-hybridized carbons (Fsp3) is 0.296. The van der Waals surface area contributed by atoms with Gasteiger partial charge in [-0.1, -0.05) is 80.0 Å². The van der Waals surface area contributed by atoms with E-state index < -0.39 is 0 Å². The van der Waals surface area contributed by atoms with Gasteiger partial charge in [0.15, 0.2) is 0 Å². The first-order valence-corrected chi connectivity index (χ1v) is 11.5. The molecule has 0 aliphatic carbocycles. The highest BCUT2D eigenvalue weighted by Crippen LogP contribution is 2.31. The molecule has 0 atom stereocenters. The molecule has 0 spiro atoms. The third-order valence-corrected chi connectivity index (χ3v) is 5.77. The van der Waals surface area contributed by atoms with Crippen LogP contribution in [0.1, 0.15) is 37.0 Å². The fourth-order valence-corrected chi connectivity index (χ4v) is 4.02. The third kappa shape index (κ3) is 6.19. The maximum atomic E-state index is 12.6. The Kier molecular flexibility index (Phi) is 8.69. The normalized spacial score (nSPS) is 13.4. The Balaban J connectivity index is 0.00000132. The second-order valence-electron chi connectivity index (χ2n) is 7.44. The van der Waals surface area contributed by atoms with Crippen LogP contribution < -0.4 is 5.32 Å². The molecule has 1 aliphatic rings. The smallest absolute Gasteiger partial charge is 0.251 e. The quantitative estimate of drug-likeness (QED) is 0.478. The van der Waals surface area contributed by atoms with Crippen molar-refractivity contribution in [3.63, 3.8) is 0 Å². The first-order chi connectivity index (χ1) is 15.2. The van der Waals surface area contributed by atoms with Crippen molar-refractivity contribution >= 4 is 17.5 Å². The average molecular weight is 435 g/mol. The van der Waals surface area contributed by atoms with E-state index >= 15 is 0 Å². The molecular weight excluding hydrogens is 404 g/mol. The van der Waals surface area contributed by atoms with E-state index in [1.54, 1.807) is 12.1 Å². The molecule has 0 radical (unpaired) electrons. The van der Waals surface area contributed by atoms with Gasteiger partial charge in [0, 0.05) is 29.2 Å². The number of halogens is 1. The number of likely N-dealkylation sites (tertiary alicyclic amines) is 1. The second-order valence-corrected chi connectivity index (χ2v) is 7.85. The van der Waals surface area contributed by atoms with Crippen LogP contribution in [0.3, 0.4) is 0 Å². The topological polar surface area (TPSA) is 32.3 Å². The predicted octanol–water partition coefficient (Wildman–Crippen LogP) is 6.53. The molecular formula is C27H31ClN2O. The molecule has 4 rings (SSSR count). The van der Waals surface area contributed by atoms with E-state index in [0.717, 1.165) is 36.3 Å². The Labute approximate surface area is 191 Å². The summed E-state index contributed by atoms with van der Waals surface area (Å²) in [4.78, 5) is 15.0. The maximum Gasteiger partial charge on any atom is 0.251 e. The highest BCUT2D eigenvalue weighted by atomic mass is 35.5. The molecule has 1 heterocycles. The first kappa shape index (κ1) is 23.1. The lowest BCUT2D eigenvalue weighted by Gasteiger charge is -2.15. The zero-order chi connectivity index (χ0) is 22.1. The molecule has 1 saturated heterocycles. The van der Waals surface area contributed by atoms with Gasteiger partial charge in [0.1, 0.15) is 0 Å². The summed E-state index contributed by atoms with van der Waals surface area (Å²) in [7, 11) is 0. The highest BCUT2D eigenvalue weighted by Gasteiger charge is 2.13. The van der Waals surface area contributed by atoms with Crippen LogP contribution >= 0.6 is 11.6 Å². The zero-order valence-electron chi connectivity index (χ0n) is 18.4. The molecule has 1 fully saturated rings. The molecule has 31 heavy (non-hydrogen) atoms. The van der Waals surface area contributed by atoms with Gasteiger partial charge in [-0.3, -0.25) is 4.79 Å². The Morgan fingerprint density at radius 1 is 0.871 bits per heavy atom. The van der Waals surface area contributed by atoms with Crippen molar-refractivity contribution in [1.82, 2.24) is 10.2 Å². The monoisotopic (exact) mass is 434 g/mol. The molecule has 4 heteroatoms. The van der Waals surface area contributed by atoms with Crippen molar-refractivity contribution in [3.8, 4) is 22.3 Å². The van der Waals surface area contributed by atoms with E-state index in [-0.39, 0.29) is 5.91 Å². The van der Waals surface area contributed by atoms with Crippen LogP contribution in [0, 0.1) is 0 Å². The molecule has 1 amide bonds. The Morgan fingerprint density at radius 2 is 1.48 bits per heavy atom. The van der Waals surface area contributed by atoms with Gasteiger partial charge in [-0.05, 0) is 60.8 Å². The molecule has 3 aromatic carbocycles. The number of benzene rings is 3. The largest absolute Gasteiger partial charge is 0.351 e. The number of rotatable bonds is 6. The summed E-state index contributed by atoms with van der Waals surface area (Å²) in [5.74, 6) is -0.0528. The molecule has 0 bridgehead atoms. The summed E-state index contributed by atoms with van der Waals surface area (Å²) >= 11 is 6.44. The molecule has 0 unspecified atom stereocenters. The van der Waals surface area contributed by atoms with Crippen molar-refractivity contribution in [3.05, 3.63) is 83.4 Å². The van der Waals surface area contributed by atoms with E-state index in [9.17, 15) is 4.79 Å². The highest BCUT2D eigenvalue weighted by molar-refractivity contribution is 6.33. The summed E-state index contributed by atoms with van der Waals surface area (Å²) in [6.07, 6.45) is 2.52. The van der Waals surface area contributed by atoms with Gasteiger partial charge in [-0.15, -0.1) is 0 Å². The van der Waals surface area contributed by atoms with Gasteiger partial charge in [-0.2, -0.15) is 0 Å². The van der Waals surface area contributed by atoms with Crippen molar-refractivity contribution in [2.45, 2.75) is 26.7 Å². The van der Waals surface area contributed by atoms with Gasteiger partial charge >= 0.3 is 0 Å². The molecule has 0 saturated carbocycles. The summed E-state index contributed by atoms with van der Waals surface area (Å²) in [6, 6.07) is 24.0. The number of nitrogens with one attached hydrogen (secondary N) is 1. The van der Waals surface area contributed by atoms with Crippen molar-refractivity contribution in [2.24, 2.45) is 0 Å². The van der Waals surface area contributed by atoms with Crippen LogP contribution in [0.4, 0.5) is 0 Å². The minimum absolute atomic E-state index is 0.0528. The standard InChI is InChI=1S/C25H25ClN2O.C2H6/c26-24-13-12-22(25(29)27-14-17-28-15-4-5-16-28)18-23(24)21-10-8-20(9-11-21)19-6-2-1-3-7-19;1-2/h1-3,6-13,18H,4-5,14-17H2,(H,27,29);1-2H3. The minimum atomic E-state index is -0.0528. The van der Waals surface area contributed by atoms with Crippen LogP contribution in [-0.2, 0) is 0 Å². The molecule has 0 aromatic heterocycles. The van der Waals surface area contributed by atoms with Crippen LogP contribution in [-0.4, -0.2) is 37.0 Å². The SMILES string of the molecule is CC.O=C(NCCN1CCCC1)c1ccc(Cl)c(-c2ccc(-c3ccccc3)cc2)c1. The van der Waals surface area contributed by atoms with Gasteiger partial charge < -0.3 is 10.2 Å². The summed E-state index contributed by atoms with van der Waals surface area (Å²) in [5, 5.41) is 3.68. The number of carbonyl (C=O) groups is 1. The molecule has 3 nitrogen and oxygen atoms in total. The fourth-order valence-electron chi connectivity index (χ4n) is 3.80. The lowest BCUT2D eigenvalue weighted by molar-refractivity contribution is 0.0950. The van der Waals surface area contributed by atoms with E-state index in [2.05, 4.69) is 46.6 Å². The molecule has 162 valence electrons. The molecule has 3 aromatic rings. The minimum Gasteiger partial charge on any atom is -0.351 e. The second kappa shape index (κ2) is 11.7. The number of nitrogens with zero attached hydrogens (tertiary/aromatic N) is 1. The Hall–Kier alpha value is -2.62. The number of carbonyl (C=O) groups excluding carboxylic acids is 1. The predicted molar refractivity (Wildman–Crippen MR) is 132 cm³/mol. The molecule has 1 N–H and O–H groups in total. The van der Waals surface area contributed by atoms with Gasteiger partial charge in [0.2, 0.25) is 0 Å². The van der Waals surface area contributed by atoms with Crippen molar-refractivity contribution in [2.75, 3.05) is 26.2 Å². The lowest BCUT2D eigenvalue weighted by atomic mass is 9.99. The first-order valence-electron chi connectivity index (χ1n) is 11.2. The lowest BCUT2D eigenvalue weighted by Crippen LogP contribution is -2.33. The Morgan fingerprint density at radius 3 is 2.16 bits per heavy atom. The van der Waals surface area contributed by atoms with Crippen LogP contribution in [0.15, 0.2) is 72.8 Å². The number of hydrogen-bond acceptors (Lipinski definition) is 2. The zero-order valence-corrected chi connectivity index (χ0v) is 19.2. The summed E-state index contributed by atoms with van der Waals surface area (Å²) in [5.41, 5.74) is 4.84. The number of hydrogen-bond donors (Lipinski definition) is 1. The van der Waals surface area contributed by atoms with Crippen molar-refractivity contribution < 1.29 is 4.79 Å². The third-order valence-electron chi connectivity index (χ3n) is 5.44. The van der Waals surface area contributed by atoms with Gasteiger partial charge in [-0.25, -0.2) is 0 Å². The molecule has 1 aliphatic heterocycles. The van der Waals surface area contributed by atoms with Crippen LogP contribution in [0.2, 0.25) is 5.02 Å².